The predicted molar refractivity (Wildman–Crippen MR) is 90.7 cm³/mol. The van der Waals surface area contributed by atoms with Crippen molar-refractivity contribution >= 4 is 32.5 Å². The Labute approximate surface area is 145 Å². The fourth-order valence-electron chi connectivity index (χ4n) is 2.50. The highest BCUT2D eigenvalue weighted by atomic mass is 79.9. The van der Waals surface area contributed by atoms with Crippen LogP contribution in [0.25, 0.3) is 10.9 Å². The Morgan fingerprint density at radius 2 is 1.96 bits per heavy atom. The molecular weight excluding hydrogens is 383 g/mol. The Hall–Kier alpha value is -2.15. The molecule has 3 aromatic rings. The third kappa shape index (κ3) is 3.36. The fourth-order valence-corrected chi connectivity index (χ4v) is 2.96. The van der Waals surface area contributed by atoms with Gasteiger partial charge in [0.2, 0.25) is 0 Å². The van der Waals surface area contributed by atoms with Crippen molar-refractivity contribution in [2.75, 3.05) is 5.32 Å². The first-order chi connectivity index (χ1) is 11.4. The number of nitrogens with one attached hydrogen (secondary N) is 1. The summed E-state index contributed by atoms with van der Waals surface area (Å²) in [5.41, 5.74) is 1.49. The second-order valence-electron chi connectivity index (χ2n) is 5.30. The van der Waals surface area contributed by atoms with Crippen LogP contribution >= 0.6 is 15.9 Å². The highest BCUT2D eigenvalue weighted by molar-refractivity contribution is 9.10. The zero-order valence-electron chi connectivity index (χ0n) is 12.7. The zero-order chi connectivity index (χ0) is 17.3. The van der Waals surface area contributed by atoms with E-state index in [4.69, 9.17) is 0 Å². The van der Waals surface area contributed by atoms with Crippen molar-refractivity contribution in [3.05, 3.63) is 64.0 Å². The van der Waals surface area contributed by atoms with Gasteiger partial charge in [0.05, 0.1) is 23.3 Å². The summed E-state index contributed by atoms with van der Waals surface area (Å²) in [6.45, 7) is 1.81. The molecule has 0 aliphatic carbocycles. The van der Waals surface area contributed by atoms with Crippen LogP contribution in [0.5, 0.6) is 0 Å². The quantitative estimate of drug-likeness (QED) is 0.650. The molecule has 7 heteroatoms. The molecule has 0 aliphatic rings. The summed E-state index contributed by atoms with van der Waals surface area (Å²) in [5.74, 6) is 0. The number of hydrogen-bond acceptors (Lipinski definition) is 3. The minimum Gasteiger partial charge on any atom is -0.379 e. The molecule has 24 heavy (non-hydrogen) atoms. The molecule has 0 aliphatic heterocycles. The van der Waals surface area contributed by atoms with Gasteiger partial charge in [-0.25, -0.2) is 0 Å². The zero-order valence-corrected chi connectivity index (χ0v) is 14.2. The number of benzene rings is 1. The van der Waals surface area contributed by atoms with Crippen molar-refractivity contribution < 1.29 is 13.2 Å². The molecule has 3 rings (SSSR count). The number of anilines is 1. The lowest BCUT2D eigenvalue weighted by molar-refractivity contribution is -0.138. The number of halogens is 4. The van der Waals surface area contributed by atoms with E-state index in [1.165, 1.54) is 12.3 Å². The lowest BCUT2D eigenvalue weighted by atomic mass is 10.1. The minimum absolute atomic E-state index is 0.0270. The lowest BCUT2D eigenvalue weighted by Crippen LogP contribution is -2.13. The number of rotatable bonds is 3. The van der Waals surface area contributed by atoms with Crippen molar-refractivity contribution in [1.82, 2.24) is 9.97 Å². The molecule has 0 fully saturated rings. The molecule has 1 aromatic carbocycles. The van der Waals surface area contributed by atoms with Crippen molar-refractivity contribution in [1.29, 1.82) is 0 Å². The normalized spacial score (nSPS) is 11.7. The molecule has 0 bridgehead atoms. The van der Waals surface area contributed by atoms with Crippen molar-refractivity contribution in [3.63, 3.8) is 0 Å². The van der Waals surface area contributed by atoms with Gasteiger partial charge in [-0.2, -0.15) is 13.2 Å². The van der Waals surface area contributed by atoms with Crippen LogP contribution in [0.2, 0.25) is 0 Å². The Balaban J connectivity index is 1.97. The van der Waals surface area contributed by atoms with E-state index in [2.05, 4.69) is 31.2 Å². The largest absolute Gasteiger partial charge is 0.418 e. The van der Waals surface area contributed by atoms with Gasteiger partial charge in [-0.05, 0) is 47.1 Å². The molecule has 0 saturated carbocycles. The number of fused-ring (bicyclic) bond motifs is 1. The summed E-state index contributed by atoms with van der Waals surface area (Å²) in [5, 5.41) is 3.89. The molecule has 0 unspecified atom stereocenters. The number of pyridine rings is 2. The highest BCUT2D eigenvalue weighted by Crippen LogP contribution is 2.32. The molecule has 0 spiro atoms. The third-order valence-corrected chi connectivity index (χ3v) is 4.20. The average molecular weight is 396 g/mol. The van der Waals surface area contributed by atoms with Crippen LogP contribution in [0, 0.1) is 6.92 Å². The smallest absolute Gasteiger partial charge is 0.379 e. The van der Waals surface area contributed by atoms with Gasteiger partial charge < -0.3 is 5.32 Å². The molecule has 2 aromatic heterocycles. The van der Waals surface area contributed by atoms with Crippen LogP contribution in [-0.4, -0.2) is 9.97 Å². The highest BCUT2D eigenvalue weighted by Gasteiger charge is 2.33. The van der Waals surface area contributed by atoms with Crippen LogP contribution in [0.15, 0.2) is 47.1 Å². The number of aromatic nitrogens is 2. The topological polar surface area (TPSA) is 37.8 Å². The molecule has 0 amide bonds. The SMILES string of the molecule is Cc1cc(NCc2ncccc2C(F)(F)F)c2cccc(Br)c2n1. The number of alkyl halides is 3. The van der Waals surface area contributed by atoms with Gasteiger partial charge in [-0.3, -0.25) is 9.97 Å². The van der Waals surface area contributed by atoms with Gasteiger partial charge in [0.15, 0.2) is 0 Å². The van der Waals surface area contributed by atoms with Crippen molar-refractivity contribution in [3.8, 4) is 0 Å². The van der Waals surface area contributed by atoms with E-state index >= 15 is 0 Å². The molecule has 2 heterocycles. The first-order valence-corrected chi connectivity index (χ1v) is 7.96. The number of aryl methyl sites for hydroxylation is 1. The van der Waals surface area contributed by atoms with Crippen molar-refractivity contribution in [2.45, 2.75) is 19.6 Å². The van der Waals surface area contributed by atoms with Crippen molar-refractivity contribution in [2.24, 2.45) is 0 Å². The molecule has 0 radical (unpaired) electrons. The maximum atomic E-state index is 13.1. The van der Waals surface area contributed by atoms with Gasteiger partial charge in [0.25, 0.3) is 0 Å². The summed E-state index contributed by atoms with van der Waals surface area (Å²) in [6.07, 6.45) is -3.07. The van der Waals surface area contributed by atoms with Crippen LogP contribution in [-0.2, 0) is 12.7 Å². The van der Waals surface area contributed by atoms with Crippen LogP contribution in [0.1, 0.15) is 17.0 Å². The van der Waals surface area contributed by atoms with E-state index in [1.807, 2.05) is 31.2 Å². The second-order valence-corrected chi connectivity index (χ2v) is 6.15. The van der Waals surface area contributed by atoms with E-state index < -0.39 is 11.7 Å². The maximum Gasteiger partial charge on any atom is 0.418 e. The van der Waals surface area contributed by atoms with Crippen LogP contribution < -0.4 is 5.32 Å². The van der Waals surface area contributed by atoms with E-state index in [9.17, 15) is 13.2 Å². The summed E-state index contributed by atoms with van der Waals surface area (Å²) in [6, 6.07) is 9.74. The molecule has 124 valence electrons. The van der Waals surface area contributed by atoms with E-state index in [0.717, 1.165) is 32.8 Å². The van der Waals surface area contributed by atoms with Gasteiger partial charge in [0, 0.05) is 27.4 Å². The standard InChI is InChI=1S/C17H13BrF3N3/c1-10-8-14(11-4-2-6-13(18)16(11)24-10)23-9-15-12(17(19,20)21)5-3-7-22-15/h2-8H,9H2,1H3,(H,23,24). The monoisotopic (exact) mass is 395 g/mol. The number of para-hydroxylation sites is 1. The third-order valence-electron chi connectivity index (χ3n) is 3.56. The molecule has 3 nitrogen and oxygen atoms in total. The second kappa shape index (κ2) is 6.39. The number of nitrogens with zero attached hydrogens (tertiary/aromatic N) is 2. The Morgan fingerprint density at radius 1 is 1.17 bits per heavy atom. The Morgan fingerprint density at radius 3 is 2.71 bits per heavy atom. The molecular formula is C17H13BrF3N3. The predicted octanol–water partition coefficient (Wildman–Crippen LogP) is 5.33. The Kier molecular flexibility index (Phi) is 4.45. The van der Waals surface area contributed by atoms with E-state index in [1.54, 1.807) is 0 Å². The molecule has 1 N–H and O–H groups in total. The van der Waals surface area contributed by atoms with Gasteiger partial charge in [-0.15, -0.1) is 0 Å². The van der Waals surface area contributed by atoms with E-state index in [-0.39, 0.29) is 12.2 Å². The van der Waals surface area contributed by atoms with Gasteiger partial charge in [-0.1, -0.05) is 12.1 Å². The lowest BCUT2D eigenvalue weighted by Gasteiger charge is -2.14. The summed E-state index contributed by atoms with van der Waals surface area (Å²) in [7, 11) is 0. The summed E-state index contributed by atoms with van der Waals surface area (Å²) < 4.78 is 40.0. The fraction of sp³-hybridized carbons (Fsp3) is 0.176. The molecule has 0 atom stereocenters. The van der Waals surface area contributed by atoms with E-state index in [0.29, 0.717) is 0 Å². The average Bonchev–Trinajstić information content (AvgIpc) is 2.53. The maximum absolute atomic E-state index is 13.1. The first-order valence-electron chi connectivity index (χ1n) is 7.17. The minimum atomic E-state index is -4.43. The van der Waals surface area contributed by atoms with Gasteiger partial charge >= 0.3 is 6.18 Å². The molecule has 0 saturated heterocycles. The summed E-state index contributed by atoms with van der Waals surface area (Å²) >= 11 is 3.45. The Bertz CT molecular complexity index is 894. The number of hydrogen-bond donors (Lipinski definition) is 1. The van der Waals surface area contributed by atoms with Gasteiger partial charge in [0.1, 0.15) is 0 Å². The first kappa shape index (κ1) is 16.7. The van der Waals surface area contributed by atoms with Crippen LogP contribution in [0.3, 0.4) is 0 Å². The summed E-state index contributed by atoms with van der Waals surface area (Å²) in [4.78, 5) is 8.34. The van der Waals surface area contributed by atoms with Crippen LogP contribution in [0.4, 0.5) is 18.9 Å².